The lowest BCUT2D eigenvalue weighted by molar-refractivity contribution is -0.150. The average Bonchev–Trinajstić information content (AvgIpc) is 2.87. The molecular weight excluding hydrogens is 272 g/mol. The van der Waals surface area contributed by atoms with Crippen LogP contribution in [0.4, 0.5) is 10.5 Å². The van der Waals surface area contributed by atoms with E-state index in [0.29, 0.717) is 18.5 Å². The van der Waals surface area contributed by atoms with E-state index in [0.717, 1.165) is 0 Å². The summed E-state index contributed by atoms with van der Waals surface area (Å²) in [6.07, 6.45) is 4.35. The molecule has 0 saturated heterocycles. The summed E-state index contributed by atoms with van der Waals surface area (Å²) in [6.45, 7) is 5.91. The molecule has 116 valence electrons. The van der Waals surface area contributed by atoms with Crippen molar-refractivity contribution in [2.75, 3.05) is 5.32 Å². The number of urea groups is 1. The summed E-state index contributed by atoms with van der Waals surface area (Å²) in [5.41, 5.74) is 0.233. The summed E-state index contributed by atoms with van der Waals surface area (Å²) >= 11 is 0. The van der Waals surface area contributed by atoms with E-state index in [4.69, 9.17) is 0 Å². The summed E-state index contributed by atoms with van der Waals surface area (Å²) in [6, 6.07) is -0.333. The predicted octanol–water partition coefficient (Wildman–Crippen LogP) is 2.06. The Morgan fingerprint density at radius 3 is 2.71 bits per heavy atom. The lowest BCUT2D eigenvalue weighted by Crippen LogP contribution is -2.53. The Labute approximate surface area is 123 Å². The van der Waals surface area contributed by atoms with Gasteiger partial charge in [0.25, 0.3) is 0 Å². The van der Waals surface area contributed by atoms with Crippen molar-refractivity contribution >= 4 is 17.7 Å². The first-order valence-electron chi connectivity index (χ1n) is 7.11. The maximum absolute atomic E-state index is 12.0. The third-order valence-electron chi connectivity index (χ3n) is 4.81. The highest BCUT2D eigenvalue weighted by atomic mass is 16.4. The van der Waals surface area contributed by atoms with Gasteiger partial charge >= 0.3 is 12.0 Å². The van der Waals surface area contributed by atoms with E-state index in [1.54, 1.807) is 6.20 Å². The molecule has 1 heterocycles. The Balaban J connectivity index is 1.98. The fraction of sp³-hybridized carbons (Fsp3) is 0.643. The topological polar surface area (TPSA) is 107 Å². The second-order valence-corrected chi connectivity index (χ2v) is 6.27. The molecule has 1 aliphatic rings. The van der Waals surface area contributed by atoms with Crippen LogP contribution >= 0.6 is 0 Å². The molecule has 7 nitrogen and oxygen atoms in total. The second kappa shape index (κ2) is 5.75. The average molecular weight is 294 g/mol. The Morgan fingerprint density at radius 1 is 1.43 bits per heavy atom. The molecule has 2 amide bonds. The van der Waals surface area contributed by atoms with Crippen molar-refractivity contribution < 1.29 is 14.7 Å². The number of nitrogens with zero attached hydrogens (tertiary/aromatic N) is 1. The molecular formula is C14H22N4O3. The van der Waals surface area contributed by atoms with Crippen LogP contribution in [0.3, 0.4) is 0 Å². The van der Waals surface area contributed by atoms with Gasteiger partial charge in [0.2, 0.25) is 0 Å². The molecule has 1 aromatic rings. The van der Waals surface area contributed by atoms with Gasteiger partial charge in [-0.3, -0.25) is 9.89 Å². The fourth-order valence-electron chi connectivity index (χ4n) is 3.10. The third-order valence-corrected chi connectivity index (χ3v) is 4.81. The van der Waals surface area contributed by atoms with Crippen LogP contribution in [0.15, 0.2) is 12.4 Å². The third kappa shape index (κ3) is 3.17. The van der Waals surface area contributed by atoms with Crippen molar-refractivity contribution in [3.05, 3.63) is 12.4 Å². The number of amides is 2. The van der Waals surface area contributed by atoms with Gasteiger partial charge in [-0.25, -0.2) is 4.79 Å². The van der Waals surface area contributed by atoms with Crippen molar-refractivity contribution in [1.82, 2.24) is 15.5 Å². The summed E-state index contributed by atoms with van der Waals surface area (Å²) in [4.78, 5) is 23.3. The first-order valence-corrected chi connectivity index (χ1v) is 7.11. The van der Waals surface area contributed by atoms with Gasteiger partial charge in [0.05, 0.1) is 17.8 Å². The van der Waals surface area contributed by atoms with E-state index >= 15 is 0 Å². The molecule has 0 radical (unpaired) electrons. The predicted molar refractivity (Wildman–Crippen MR) is 77.8 cm³/mol. The lowest BCUT2D eigenvalue weighted by Gasteiger charge is -2.46. The zero-order valence-electron chi connectivity index (χ0n) is 12.5. The quantitative estimate of drug-likeness (QED) is 0.684. The highest BCUT2D eigenvalue weighted by Gasteiger charge is 2.46. The van der Waals surface area contributed by atoms with Crippen molar-refractivity contribution in [2.45, 2.75) is 39.7 Å². The van der Waals surface area contributed by atoms with Gasteiger partial charge in [-0.05, 0) is 24.2 Å². The van der Waals surface area contributed by atoms with Gasteiger partial charge in [0.1, 0.15) is 0 Å². The number of carbonyl (C=O) groups is 2. The number of anilines is 1. The minimum absolute atomic E-state index is 0.0394. The van der Waals surface area contributed by atoms with E-state index in [-0.39, 0.29) is 29.3 Å². The number of H-pyrrole nitrogens is 1. The number of aliphatic carboxylic acids is 1. The maximum Gasteiger partial charge on any atom is 0.319 e. The molecule has 1 aliphatic carbocycles. The minimum atomic E-state index is -0.756. The highest BCUT2D eigenvalue weighted by molar-refractivity contribution is 5.89. The molecule has 1 aromatic heterocycles. The van der Waals surface area contributed by atoms with Crippen LogP contribution in [0.2, 0.25) is 0 Å². The number of hydrogen-bond donors (Lipinski definition) is 4. The van der Waals surface area contributed by atoms with Gasteiger partial charge in [-0.15, -0.1) is 0 Å². The first kappa shape index (κ1) is 15.3. The maximum atomic E-state index is 12.0. The molecule has 0 aliphatic heterocycles. The van der Waals surface area contributed by atoms with Crippen LogP contribution < -0.4 is 10.6 Å². The summed E-state index contributed by atoms with van der Waals surface area (Å²) in [5, 5.41) is 21.3. The van der Waals surface area contributed by atoms with E-state index in [9.17, 15) is 14.7 Å². The van der Waals surface area contributed by atoms with Gasteiger partial charge in [-0.2, -0.15) is 5.10 Å². The van der Waals surface area contributed by atoms with Crippen LogP contribution in [0, 0.1) is 17.3 Å². The number of nitrogens with one attached hydrogen (secondary N) is 3. The van der Waals surface area contributed by atoms with Crippen LogP contribution in [0.5, 0.6) is 0 Å². The van der Waals surface area contributed by atoms with Crippen LogP contribution in [0.25, 0.3) is 0 Å². The van der Waals surface area contributed by atoms with Gasteiger partial charge in [0.15, 0.2) is 0 Å². The molecule has 21 heavy (non-hydrogen) atoms. The van der Waals surface area contributed by atoms with Crippen LogP contribution in [-0.2, 0) is 4.79 Å². The molecule has 2 rings (SSSR count). The molecule has 0 spiro atoms. The number of carbonyl (C=O) groups excluding carboxylic acids is 1. The highest BCUT2D eigenvalue weighted by Crippen LogP contribution is 2.45. The molecule has 3 atom stereocenters. The molecule has 0 aromatic carbocycles. The zero-order chi connectivity index (χ0) is 15.6. The van der Waals surface area contributed by atoms with E-state index in [2.05, 4.69) is 20.8 Å². The fourth-order valence-corrected chi connectivity index (χ4v) is 3.10. The summed E-state index contributed by atoms with van der Waals surface area (Å²) in [7, 11) is 0. The van der Waals surface area contributed by atoms with Crippen molar-refractivity contribution in [2.24, 2.45) is 17.3 Å². The van der Waals surface area contributed by atoms with Gasteiger partial charge in [0, 0.05) is 12.2 Å². The molecule has 0 bridgehead atoms. The Bertz CT molecular complexity index is 512. The monoisotopic (exact) mass is 294 g/mol. The SMILES string of the molecule is CC1C(NC(=O)Nc2cn[nH]c2)CCC(C(=O)O)C1(C)C. The molecule has 7 heteroatoms. The van der Waals surface area contributed by atoms with Gasteiger partial charge < -0.3 is 15.7 Å². The standard InChI is InChI=1S/C14H22N4O3/c1-8-11(5-4-10(12(19)20)14(8,2)3)18-13(21)17-9-6-15-16-7-9/h6-8,10-11H,4-5H2,1-3H3,(H,15,16)(H,19,20)(H2,17,18,21). The molecule has 1 fully saturated rings. The Morgan fingerprint density at radius 2 is 2.14 bits per heavy atom. The minimum Gasteiger partial charge on any atom is -0.481 e. The first-order chi connectivity index (χ1) is 9.82. The van der Waals surface area contributed by atoms with Crippen molar-refractivity contribution in [3.8, 4) is 0 Å². The van der Waals surface area contributed by atoms with Crippen molar-refractivity contribution in [3.63, 3.8) is 0 Å². The van der Waals surface area contributed by atoms with E-state index in [1.165, 1.54) is 6.20 Å². The van der Waals surface area contributed by atoms with Gasteiger partial charge in [-0.1, -0.05) is 20.8 Å². The molecule has 3 unspecified atom stereocenters. The van der Waals surface area contributed by atoms with E-state index < -0.39 is 5.97 Å². The lowest BCUT2D eigenvalue weighted by atomic mass is 9.61. The number of aromatic nitrogens is 2. The number of rotatable bonds is 3. The second-order valence-electron chi connectivity index (χ2n) is 6.27. The van der Waals surface area contributed by atoms with Crippen LogP contribution in [-0.4, -0.2) is 33.3 Å². The largest absolute Gasteiger partial charge is 0.481 e. The number of aromatic amines is 1. The normalized spacial score (nSPS) is 27.9. The Kier molecular flexibility index (Phi) is 4.20. The Hall–Kier alpha value is -2.05. The molecule has 4 N–H and O–H groups in total. The smallest absolute Gasteiger partial charge is 0.319 e. The summed E-state index contributed by atoms with van der Waals surface area (Å²) in [5.74, 6) is -1.06. The summed E-state index contributed by atoms with van der Waals surface area (Å²) < 4.78 is 0. The van der Waals surface area contributed by atoms with Crippen LogP contribution in [0.1, 0.15) is 33.6 Å². The number of hydrogen-bond acceptors (Lipinski definition) is 3. The number of carboxylic acid groups (broad SMARTS) is 1. The molecule has 1 saturated carbocycles. The number of carboxylic acids is 1. The zero-order valence-corrected chi connectivity index (χ0v) is 12.5. The van der Waals surface area contributed by atoms with E-state index in [1.807, 2.05) is 20.8 Å². The van der Waals surface area contributed by atoms with Crippen molar-refractivity contribution in [1.29, 1.82) is 0 Å².